The second-order valence-electron chi connectivity index (χ2n) is 8.32. The summed E-state index contributed by atoms with van der Waals surface area (Å²) in [4.78, 5) is 19.7. The van der Waals surface area contributed by atoms with Gasteiger partial charge in [0.05, 0.1) is 23.2 Å². The lowest BCUT2D eigenvalue weighted by molar-refractivity contribution is 0.0995. The fraction of sp³-hybridized carbons (Fsp3) is 0.318. The third kappa shape index (κ3) is 4.23. The number of rotatable bonds is 7. The van der Waals surface area contributed by atoms with Crippen molar-refractivity contribution in [1.82, 2.24) is 20.2 Å². The van der Waals surface area contributed by atoms with Crippen molar-refractivity contribution in [3.8, 4) is 5.88 Å². The molecule has 3 aromatic heterocycles. The minimum atomic E-state index is -3.86. The first-order valence-corrected chi connectivity index (χ1v) is 12.3. The van der Waals surface area contributed by atoms with Crippen LogP contribution in [0.15, 0.2) is 41.4 Å². The molecule has 11 heteroatoms. The first-order chi connectivity index (χ1) is 15.9. The van der Waals surface area contributed by atoms with Crippen LogP contribution < -0.4 is 15.2 Å². The van der Waals surface area contributed by atoms with Gasteiger partial charge < -0.3 is 15.5 Å². The van der Waals surface area contributed by atoms with E-state index in [1.165, 1.54) is 37.6 Å². The van der Waals surface area contributed by atoms with Gasteiger partial charge in [0.15, 0.2) is 5.69 Å². The number of hydrogen-bond acceptors (Lipinski definition) is 6. The molecule has 1 saturated carbocycles. The number of benzene rings is 1. The lowest BCUT2D eigenvalue weighted by Gasteiger charge is -2.21. The SMILES string of the molecule is NC(=O)c1nc(OCC2CCCCC2)cc2c1[nH]c1ccc(S(=O)(=O)Nc3ccn[nH]3)cc12. The maximum Gasteiger partial charge on any atom is 0.269 e. The zero-order chi connectivity index (χ0) is 23.0. The number of pyridine rings is 1. The summed E-state index contributed by atoms with van der Waals surface area (Å²) in [5.74, 6) is 0.323. The number of nitrogens with two attached hydrogens (primary N) is 1. The second-order valence-corrected chi connectivity index (χ2v) is 10.0. The van der Waals surface area contributed by atoms with E-state index >= 15 is 0 Å². The highest BCUT2D eigenvalue weighted by atomic mass is 32.2. The monoisotopic (exact) mass is 468 g/mol. The van der Waals surface area contributed by atoms with Gasteiger partial charge >= 0.3 is 0 Å². The summed E-state index contributed by atoms with van der Waals surface area (Å²) >= 11 is 0. The average Bonchev–Trinajstić information content (AvgIpc) is 3.44. The molecule has 0 atom stereocenters. The Labute approximate surface area is 190 Å². The normalized spacial score (nSPS) is 15.2. The molecule has 1 amide bonds. The van der Waals surface area contributed by atoms with E-state index < -0.39 is 15.9 Å². The third-order valence-corrected chi connectivity index (χ3v) is 7.38. The van der Waals surface area contributed by atoms with Crippen molar-refractivity contribution in [1.29, 1.82) is 0 Å². The third-order valence-electron chi connectivity index (χ3n) is 6.02. The summed E-state index contributed by atoms with van der Waals surface area (Å²) < 4.78 is 34.1. The molecule has 0 bridgehead atoms. The standard InChI is InChI=1S/C22H24N6O4S/c23-22(29)21-20-16(11-19(26-21)32-12-13-4-2-1-3-5-13)15-10-14(6-7-17(15)25-20)33(30,31)28-18-8-9-24-27-18/h6-11,13,25H,1-5,12H2,(H2,23,29)(H2,24,27,28). The van der Waals surface area contributed by atoms with E-state index in [4.69, 9.17) is 10.5 Å². The van der Waals surface area contributed by atoms with E-state index in [0.717, 1.165) is 12.8 Å². The van der Waals surface area contributed by atoms with Gasteiger partial charge in [0, 0.05) is 28.4 Å². The molecule has 10 nitrogen and oxygen atoms in total. The summed E-state index contributed by atoms with van der Waals surface area (Å²) in [6.07, 6.45) is 7.32. The number of H-pyrrole nitrogens is 2. The number of carbonyl (C=O) groups excluding carboxylic acids is 1. The Balaban J connectivity index is 1.55. The molecule has 5 rings (SSSR count). The number of sulfonamides is 1. The largest absolute Gasteiger partial charge is 0.477 e. The Hall–Kier alpha value is -3.60. The Kier molecular flexibility index (Phi) is 5.41. The van der Waals surface area contributed by atoms with E-state index in [1.807, 2.05) is 0 Å². The molecule has 1 aromatic carbocycles. The van der Waals surface area contributed by atoms with Crippen LogP contribution in [0.4, 0.5) is 5.82 Å². The van der Waals surface area contributed by atoms with Crippen LogP contribution in [0.2, 0.25) is 0 Å². The van der Waals surface area contributed by atoms with Crippen LogP contribution in [0.5, 0.6) is 5.88 Å². The summed E-state index contributed by atoms with van der Waals surface area (Å²) in [5.41, 5.74) is 6.75. The van der Waals surface area contributed by atoms with Crippen molar-refractivity contribution in [2.45, 2.75) is 37.0 Å². The first kappa shape index (κ1) is 21.3. The van der Waals surface area contributed by atoms with E-state index in [-0.39, 0.29) is 16.4 Å². The number of anilines is 1. The maximum atomic E-state index is 12.8. The van der Waals surface area contributed by atoms with Gasteiger partial charge in [-0.2, -0.15) is 5.10 Å². The second kappa shape index (κ2) is 8.39. The van der Waals surface area contributed by atoms with Gasteiger partial charge in [-0.15, -0.1) is 0 Å². The molecule has 172 valence electrons. The van der Waals surface area contributed by atoms with Crippen LogP contribution in [-0.4, -0.2) is 41.1 Å². The molecule has 0 saturated heterocycles. The molecule has 0 spiro atoms. The van der Waals surface area contributed by atoms with E-state index in [1.54, 1.807) is 18.2 Å². The summed E-state index contributed by atoms with van der Waals surface area (Å²) in [6, 6.07) is 7.91. The van der Waals surface area contributed by atoms with Gasteiger partial charge in [-0.1, -0.05) is 19.3 Å². The number of aromatic amines is 2. The lowest BCUT2D eigenvalue weighted by Crippen LogP contribution is -2.17. The molecule has 1 aliphatic carbocycles. The number of primary amides is 1. The fourth-order valence-corrected chi connectivity index (χ4v) is 5.38. The van der Waals surface area contributed by atoms with Gasteiger partial charge in [-0.05, 0) is 37.0 Å². The Morgan fingerprint density at radius 3 is 2.70 bits per heavy atom. The van der Waals surface area contributed by atoms with Gasteiger partial charge in [-0.3, -0.25) is 14.6 Å². The van der Waals surface area contributed by atoms with E-state index in [2.05, 4.69) is 24.9 Å². The van der Waals surface area contributed by atoms with Crippen LogP contribution in [0.1, 0.15) is 42.6 Å². The summed E-state index contributed by atoms with van der Waals surface area (Å²) in [5, 5.41) is 7.55. The minimum Gasteiger partial charge on any atom is -0.477 e. The van der Waals surface area contributed by atoms with Crippen molar-refractivity contribution < 1.29 is 17.9 Å². The number of fused-ring (bicyclic) bond motifs is 3. The van der Waals surface area contributed by atoms with Crippen LogP contribution in [0, 0.1) is 5.92 Å². The number of ether oxygens (including phenoxy) is 1. The molecule has 33 heavy (non-hydrogen) atoms. The number of aromatic nitrogens is 4. The van der Waals surface area contributed by atoms with E-state index in [9.17, 15) is 13.2 Å². The minimum absolute atomic E-state index is 0.0577. The Morgan fingerprint density at radius 2 is 1.97 bits per heavy atom. The quantitative estimate of drug-likeness (QED) is 0.326. The molecular weight excluding hydrogens is 444 g/mol. The predicted octanol–water partition coefficient (Wildman–Crippen LogP) is 3.30. The zero-order valence-corrected chi connectivity index (χ0v) is 18.6. The molecule has 3 heterocycles. The van der Waals surface area contributed by atoms with Gasteiger partial charge in [0.25, 0.3) is 15.9 Å². The topological polar surface area (TPSA) is 156 Å². The maximum absolute atomic E-state index is 12.8. The highest BCUT2D eigenvalue weighted by Crippen LogP contribution is 2.32. The molecule has 1 aliphatic rings. The van der Waals surface area contributed by atoms with Gasteiger partial charge in [0.2, 0.25) is 5.88 Å². The highest BCUT2D eigenvalue weighted by molar-refractivity contribution is 7.92. The van der Waals surface area contributed by atoms with Crippen LogP contribution in [-0.2, 0) is 10.0 Å². The molecule has 5 N–H and O–H groups in total. The predicted molar refractivity (Wildman–Crippen MR) is 124 cm³/mol. The van der Waals surface area contributed by atoms with Crippen molar-refractivity contribution >= 4 is 43.6 Å². The van der Waals surface area contributed by atoms with Crippen LogP contribution in [0.3, 0.4) is 0 Å². The fourth-order valence-electron chi connectivity index (χ4n) is 4.34. The molecule has 0 aliphatic heterocycles. The average molecular weight is 469 g/mol. The molecule has 1 fully saturated rings. The molecular formula is C22H24N6O4S. The van der Waals surface area contributed by atoms with Gasteiger partial charge in [-0.25, -0.2) is 13.4 Å². The zero-order valence-electron chi connectivity index (χ0n) is 17.8. The Bertz CT molecular complexity index is 1420. The van der Waals surface area contributed by atoms with Crippen molar-refractivity contribution in [2.75, 3.05) is 11.3 Å². The summed E-state index contributed by atoms with van der Waals surface area (Å²) in [6.45, 7) is 0.521. The van der Waals surface area contributed by atoms with Crippen molar-refractivity contribution in [2.24, 2.45) is 11.7 Å². The smallest absolute Gasteiger partial charge is 0.269 e. The van der Waals surface area contributed by atoms with E-state index in [0.29, 0.717) is 40.2 Å². The molecule has 4 aromatic rings. The van der Waals surface area contributed by atoms with Gasteiger partial charge in [0.1, 0.15) is 5.82 Å². The van der Waals surface area contributed by atoms with Crippen LogP contribution in [0.25, 0.3) is 21.8 Å². The number of carbonyl (C=O) groups is 1. The van der Waals surface area contributed by atoms with Crippen molar-refractivity contribution in [3.63, 3.8) is 0 Å². The van der Waals surface area contributed by atoms with Crippen LogP contribution >= 0.6 is 0 Å². The van der Waals surface area contributed by atoms with Crippen molar-refractivity contribution in [3.05, 3.63) is 42.2 Å². The Morgan fingerprint density at radius 1 is 1.15 bits per heavy atom. The molecule has 0 radical (unpaired) electrons. The number of amides is 1. The highest BCUT2D eigenvalue weighted by Gasteiger charge is 2.21. The molecule has 0 unspecified atom stereocenters. The first-order valence-electron chi connectivity index (χ1n) is 10.8. The summed E-state index contributed by atoms with van der Waals surface area (Å²) in [7, 11) is -3.86. The number of nitrogens with one attached hydrogen (secondary N) is 3. The number of hydrogen-bond donors (Lipinski definition) is 4. The lowest BCUT2D eigenvalue weighted by atomic mass is 9.90. The number of nitrogens with zero attached hydrogens (tertiary/aromatic N) is 2.